The lowest BCUT2D eigenvalue weighted by Gasteiger charge is -2.32. The van der Waals surface area contributed by atoms with Gasteiger partial charge in [-0.05, 0) is 48.5 Å². The predicted octanol–water partition coefficient (Wildman–Crippen LogP) is 8.41. The normalized spacial score (nSPS) is 12.8. The molecule has 0 aliphatic rings. The van der Waals surface area contributed by atoms with Crippen molar-refractivity contribution in [2.24, 2.45) is 0 Å². The van der Waals surface area contributed by atoms with Crippen LogP contribution < -0.4 is 10.2 Å². The molecule has 1 N–H and O–H groups in total. The smallest absolute Gasteiger partial charge is 0.321 e. The van der Waals surface area contributed by atoms with E-state index in [1.165, 1.54) is 35.6 Å². The van der Waals surface area contributed by atoms with Gasteiger partial charge in [-0.3, -0.25) is 9.59 Å². The van der Waals surface area contributed by atoms with Crippen molar-refractivity contribution in [3.8, 4) is 6.07 Å². The number of anilines is 2. The van der Waals surface area contributed by atoms with Gasteiger partial charge in [0.1, 0.15) is 0 Å². The maximum Gasteiger partial charge on any atom is 0.435 e. The van der Waals surface area contributed by atoms with E-state index in [1.54, 1.807) is 6.07 Å². The quantitative estimate of drug-likeness (QED) is 0.280. The molecule has 3 aromatic rings. The number of halogens is 13. The summed E-state index contributed by atoms with van der Waals surface area (Å²) in [6.45, 7) is 0. The first-order chi connectivity index (χ1) is 20.4. The van der Waals surface area contributed by atoms with E-state index in [4.69, 9.17) is 5.26 Å². The second-order valence-corrected chi connectivity index (χ2v) is 9.16. The summed E-state index contributed by atoms with van der Waals surface area (Å²) in [4.78, 5) is 26.6. The zero-order chi connectivity index (χ0) is 34.3. The standard InChI is InChI=1S/C27H14F13N3O2/c1-43(22(45)15-6-2-4-13(8-15)12-41)17-7-3-5-14(9-17)21(44)42-20-18(24(29,30)31)10-16(11-19(20)25(32,33)34)23(28,26(35,36)37)27(38,39)40/h2-11H,1H3,(H,42,44). The van der Waals surface area contributed by atoms with Gasteiger partial charge in [0.15, 0.2) is 0 Å². The lowest BCUT2D eigenvalue weighted by Crippen LogP contribution is -2.50. The van der Waals surface area contributed by atoms with Crippen LogP contribution >= 0.6 is 0 Å². The van der Waals surface area contributed by atoms with Crippen LogP contribution in [0.25, 0.3) is 0 Å². The fourth-order valence-corrected chi connectivity index (χ4v) is 3.98. The summed E-state index contributed by atoms with van der Waals surface area (Å²) >= 11 is 0. The van der Waals surface area contributed by atoms with Crippen LogP contribution in [-0.2, 0) is 18.0 Å². The van der Waals surface area contributed by atoms with Gasteiger partial charge in [-0.1, -0.05) is 12.1 Å². The van der Waals surface area contributed by atoms with E-state index < -0.39 is 82.3 Å². The van der Waals surface area contributed by atoms with Crippen molar-refractivity contribution in [2.45, 2.75) is 30.4 Å². The molecule has 0 heterocycles. The SMILES string of the molecule is CN(C(=O)c1cccc(C#N)c1)c1cccc(C(=O)Nc2c(C(F)(F)F)cc(C(F)(C(F)(F)F)C(F)(F)F)cc2C(F)(F)F)c1. The Kier molecular flexibility index (Phi) is 8.93. The third-order valence-corrected chi connectivity index (χ3v) is 6.21. The number of nitrogens with zero attached hydrogens (tertiary/aromatic N) is 2. The van der Waals surface area contributed by atoms with Gasteiger partial charge in [0.25, 0.3) is 11.8 Å². The largest absolute Gasteiger partial charge is 0.435 e. The lowest BCUT2D eigenvalue weighted by molar-refractivity contribution is -0.348. The first-order valence-electron chi connectivity index (χ1n) is 11.8. The molecule has 5 nitrogen and oxygen atoms in total. The van der Waals surface area contributed by atoms with Gasteiger partial charge in [0.2, 0.25) is 0 Å². The minimum atomic E-state index is -7.05. The second kappa shape index (κ2) is 11.6. The molecule has 0 saturated carbocycles. The molecular formula is C27H14F13N3O2. The van der Waals surface area contributed by atoms with Gasteiger partial charge in [0, 0.05) is 29.4 Å². The number of hydrogen-bond acceptors (Lipinski definition) is 3. The minimum Gasteiger partial charge on any atom is -0.321 e. The molecule has 0 aliphatic carbocycles. The van der Waals surface area contributed by atoms with Crippen LogP contribution in [0.3, 0.4) is 0 Å². The average Bonchev–Trinajstić information content (AvgIpc) is 2.93. The Bertz CT molecular complexity index is 1620. The van der Waals surface area contributed by atoms with Gasteiger partial charge in [-0.15, -0.1) is 0 Å². The third-order valence-electron chi connectivity index (χ3n) is 6.21. The van der Waals surface area contributed by atoms with Crippen molar-refractivity contribution >= 4 is 23.2 Å². The minimum absolute atomic E-state index is 0.0298. The fraction of sp³-hybridized carbons (Fsp3) is 0.222. The summed E-state index contributed by atoms with van der Waals surface area (Å²) in [6.07, 6.45) is -26.4. The number of rotatable bonds is 5. The number of hydrogen-bond donors (Lipinski definition) is 1. The monoisotopic (exact) mass is 659 g/mol. The summed E-state index contributed by atoms with van der Waals surface area (Å²) in [7, 11) is 1.16. The van der Waals surface area contributed by atoms with Gasteiger partial charge in [-0.2, -0.15) is 57.9 Å². The van der Waals surface area contributed by atoms with E-state index in [1.807, 2.05) is 0 Å². The lowest BCUT2D eigenvalue weighted by atomic mass is 9.89. The molecule has 0 spiro atoms. The van der Waals surface area contributed by atoms with Crippen molar-refractivity contribution in [2.75, 3.05) is 17.3 Å². The van der Waals surface area contributed by atoms with Gasteiger partial charge < -0.3 is 10.2 Å². The topological polar surface area (TPSA) is 73.2 Å². The van der Waals surface area contributed by atoms with E-state index in [9.17, 15) is 66.7 Å². The highest BCUT2D eigenvalue weighted by Crippen LogP contribution is 2.55. The van der Waals surface area contributed by atoms with Gasteiger partial charge in [0.05, 0.1) is 28.4 Å². The molecule has 3 rings (SSSR count). The molecule has 0 fully saturated rings. The van der Waals surface area contributed by atoms with E-state index in [0.29, 0.717) is 0 Å². The van der Waals surface area contributed by atoms with Crippen LogP contribution in [-0.4, -0.2) is 31.2 Å². The number of nitrogens with one attached hydrogen (secondary N) is 1. The molecule has 3 aromatic carbocycles. The molecule has 0 bridgehead atoms. The number of carbonyl (C=O) groups is 2. The van der Waals surface area contributed by atoms with Crippen molar-refractivity contribution in [3.63, 3.8) is 0 Å². The highest BCUT2D eigenvalue weighted by Gasteiger charge is 2.74. The number of nitriles is 1. The fourth-order valence-electron chi connectivity index (χ4n) is 3.98. The third kappa shape index (κ3) is 6.81. The molecule has 0 unspecified atom stereocenters. The van der Waals surface area contributed by atoms with E-state index >= 15 is 0 Å². The maximum atomic E-state index is 14.6. The van der Waals surface area contributed by atoms with Crippen LogP contribution in [0, 0.1) is 11.3 Å². The average molecular weight is 659 g/mol. The zero-order valence-corrected chi connectivity index (χ0v) is 21.9. The first kappa shape index (κ1) is 34.7. The highest BCUT2D eigenvalue weighted by molar-refractivity contribution is 6.08. The summed E-state index contributed by atoms with van der Waals surface area (Å²) < 4.78 is 177. The maximum absolute atomic E-state index is 14.6. The summed E-state index contributed by atoms with van der Waals surface area (Å²) in [6, 6.07) is 8.68. The Morgan fingerprint density at radius 1 is 0.711 bits per heavy atom. The van der Waals surface area contributed by atoms with E-state index in [-0.39, 0.29) is 16.8 Å². The Morgan fingerprint density at radius 2 is 1.20 bits per heavy atom. The van der Waals surface area contributed by atoms with Crippen LogP contribution in [0.1, 0.15) is 43.0 Å². The number of amides is 2. The Hall–Kier alpha value is -4.82. The second-order valence-electron chi connectivity index (χ2n) is 9.16. The van der Waals surface area contributed by atoms with Crippen molar-refractivity contribution in [1.82, 2.24) is 0 Å². The Morgan fingerprint density at radius 3 is 1.67 bits per heavy atom. The summed E-state index contributed by atoms with van der Waals surface area (Å²) in [5.41, 5.74) is -18.6. The van der Waals surface area contributed by atoms with Crippen molar-refractivity contribution in [1.29, 1.82) is 5.26 Å². The molecule has 0 aromatic heterocycles. The Balaban J connectivity index is 2.15. The van der Waals surface area contributed by atoms with Crippen LogP contribution in [0.5, 0.6) is 0 Å². The van der Waals surface area contributed by atoms with Gasteiger partial charge >= 0.3 is 30.4 Å². The molecule has 0 saturated heterocycles. The first-order valence-corrected chi connectivity index (χ1v) is 11.8. The van der Waals surface area contributed by atoms with E-state index in [2.05, 4.69) is 0 Å². The molecule has 18 heteroatoms. The zero-order valence-electron chi connectivity index (χ0n) is 21.9. The molecular weight excluding hydrogens is 645 g/mol. The number of benzene rings is 3. The molecule has 2 amide bonds. The molecule has 45 heavy (non-hydrogen) atoms. The highest BCUT2D eigenvalue weighted by atomic mass is 19.4. The molecule has 0 atom stereocenters. The Labute approximate surface area is 243 Å². The number of carbonyl (C=O) groups excluding carboxylic acids is 2. The molecule has 0 aliphatic heterocycles. The summed E-state index contributed by atoms with van der Waals surface area (Å²) in [5, 5.41) is 10.2. The van der Waals surface area contributed by atoms with Gasteiger partial charge in [-0.25, -0.2) is 4.39 Å². The summed E-state index contributed by atoms with van der Waals surface area (Å²) in [5.74, 6) is -2.55. The van der Waals surface area contributed by atoms with Crippen LogP contribution in [0.2, 0.25) is 0 Å². The van der Waals surface area contributed by atoms with E-state index in [0.717, 1.165) is 30.1 Å². The van der Waals surface area contributed by atoms with Crippen molar-refractivity contribution < 1.29 is 66.7 Å². The molecule has 0 radical (unpaired) electrons. The van der Waals surface area contributed by atoms with Crippen LogP contribution in [0.15, 0.2) is 60.7 Å². The molecule has 240 valence electrons. The van der Waals surface area contributed by atoms with Crippen molar-refractivity contribution in [3.05, 3.63) is 94.0 Å². The number of alkyl halides is 13. The van der Waals surface area contributed by atoms with Crippen LogP contribution in [0.4, 0.5) is 68.5 Å². The predicted molar refractivity (Wildman–Crippen MR) is 130 cm³/mol.